The number of hydrogen-bond donors (Lipinski definition) is 0. The van der Waals surface area contributed by atoms with Gasteiger partial charge in [-0.25, -0.2) is 0 Å². The van der Waals surface area contributed by atoms with Crippen molar-refractivity contribution in [3.8, 4) is 0 Å². The van der Waals surface area contributed by atoms with Crippen LogP contribution < -0.4 is 0 Å². The van der Waals surface area contributed by atoms with Gasteiger partial charge in [-0.2, -0.15) is 0 Å². The van der Waals surface area contributed by atoms with E-state index in [2.05, 4.69) is 62.3 Å². The van der Waals surface area contributed by atoms with Gasteiger partial charge >= 0.3 is 112 Å². The van der Waals surface area contributed by atoms with E-state index < -0.39 is 19.8 Å². The van der Waals surface area contributed by atoms with E-state index in [1.54, 1.807) is 13.3 Å². The molecule has 0 amide bonds. The van der Waals surface area contributed by atoms with Gasteiger partial charge < -0.3 is 0 Å². The van der Waals surface area contributed by atoms with E-state index in [9.17, 15) is 0 Å². The van der Waals surface area contributed by atoms with E-state index in [0.29, 0.717) is 16.2 Å². The maximum atomic E-state index is 2.42. The fourth-order valence-electron chi connectivity index (χ4n) is 2.44. The molecule has 0 nitrogen and oxygen atoms in total. The third-order valence-electron chi connectivity index (χ3n) is 2.34. The van der Waals surface area contributed by atoms with E-state index in [1.807, 2.05) is 0 Å². The van der Waals surface area contributed by atoms with Crippen LogP contribution in [0.1, 0.15) is 62.3 Å². The van der Waals surface area contributed by atoms with Crippen LogP contribution in [-0.2, 0) is 0 Å². The summed E-state index contributed by atoms with van der Waals surface area (Å²) in [5, 5.41) is 0. The predicted molar refractivity (Wildman–Crippen MR) is 78.5 cm³/mol. The van der Waals surface area contributed by atoms with Crippen molar-refractivity contribution in [2.24, 2.45) is 16.2 Å². The van der Waals surface area contributed by atoms with Crippen LogP contribution in [0.25, 0.3) is 0 Å². The standard InChI is InChI=1S/3C5H11.Sn/c3*1-5(2,3)4;/h3*1H2,2-4H3;/q;;;+1. The molecular weight excluding hydrogens is 299 g/mol. The Morgan fingerprint density at radius 1 is 0.500 bits per heavy atom. The molecule has 0 rings (SSSR count). The molecule has 0 fully saturated rings. The zero-order valence-corrected chi connectivity index (χ0v) is 16.0. The SMILES string of the molecule is CC(C)(C)[CH2][Sn+]([CH2]C(C)(C)C)[CH2]C(C)(C)C. The Hall–Kier alpha value is 0.799. The van der Waals surface area contributed by atoms with Gasteiger partial charge in [-0.15, -0.1) is 0 Å². The summed E-state index contributed by atoms with van der Waals surface area (Å²) in [6.07, 6.45) is 0. The first-order valence-electron chi connectivity index (χ1n) is 6.62. The Balaban J connectivity index is 4.53. The molecule has 0 aromatic carbocycles. The van der Waals surface area contributed by atoms with Crippen molar-refractivity contribution in [1.29, 1.82) is 0 Å². The van der Waals surface area contributed by atoms with Crippen LogP contribution in [0.5, 0.6) is 0 Å². The number of rotatable bonds is 3. The Labute approximate surface area is 111 Å². The fraction of sp³-hybridized carbons (Fsp3) is 1.00. The van der Waals surface area contributed by atoms with Gasteiger partial charge in [-0.1, -0.05) is 0 Å². The van der Waals surface area contributed by atoms with Crippen molar-refractivity contribution in [1.82, 2.24) is 0 Å². The van der Waals surface area contributed by atoms with Gasteiger partial charge in [0.2, 0.25) is 0 Å². The first kappa shape index (κ1) is 16.8. The Bertz CT molecular complexity index is 159. The molecule has 0 unspecified atom stereocenters. The Kier molecular flexibility index (Phi) is 5.91. The van der Waals surface area contributed by atoms with Gasteiger partial charge in [-0.3, -0.25) is 0 Å². The second-order valence-electron chi connectivity index (χ2n) is 8.96. The molecule has 0 aliphatic heterocycles. The minimum atomic E-state index is -1.22. The molecule has 96 valence electrons. The topological polar surface area (TPSA) is 0 Å². The molecule has 0 bridgehead atoms. The molecular formula is C15H33Sn+. The summed E-state index contributed by atoms with van der Waals surface area (Å²) >= 11 is -1.22. The summed E-state index contributed by atoms with van der Waals surface area (Å²) in [6.45, 7) is 21.7. The van der Waals surface area contributed by atoms with Gasteiger partial charge in [0.05, 0.1) is 0 Å². The summed E-state index contributed by atoms with van der Waals surface area (Å²) in [5.74, 6) is 0. The first-order chi connectivity index (χ1) is 6.79. The molecule has 16 heavy (non-hydrogen) atoms. The van der Waals surface area contributed by atoms with Gasteiger partial charge in [0.1, 0.15) is 0 Å². The normalized spacial score (nSPS) is 14.1. The summed E-state index contributed by atoms with van der Waals surface area (Å²) < 4.78 is 4.64. The molecule has 0 aromatic rings. The van der Waals surface area contributed by atoms with Crippen molar-refractivity contribution < 1.29 is 0 Å². The molecule has 0 saturated carbocycles. The van der Waals surface area contributed by atoms with Crippen molar-refractivity contribution in [2.75, 3.05) is 0 Å². The van der Waals surface area contributed by atoms with E-state index in [-0.39, 0.29) is 0 Å². The Morgan fingerprint density at radius 3 is 0.812 bits per heavy atom. The summed E-state index contributed by atoms with van der Waals surface area (Å²) in [4.78, 5) is 0. The number of hydrogen-bond acceptors (Lipinski definition) is 0. The van der Waals surface area contributed by atoms with Crippen molar-refractivity contribution >= 4 is 19.8 Å². The molecule has 0 aliphatic carbocycles. The first-order valence-corrected chi connectivity index (χ1v) is 12.7. The van der Waals surface area contributed by atoms with Crippen molar-refractivity contribution in [3.63, 3.8) is 0 Å². The third kappa shape index (κ3) is 11.3. The Morgan fingerprint density at radius 2 is 0.688 bits per heavy atom. The third-order valence-corrected chi connectivity index (χ3v) is 15.7. The monoisotopic (exact) mass is 333 g/mol. The molecule has 0 atom stereocenters. The predicted octanol–water partition coefficient (Wildman–Crippen LogP) is 5.62. The molecule has 0 N–H and O–H groups in total. The summed E-state index contributed by atoms with van der Waals surface area (Å²) in [7, 11) is 0. The van der Waals surface area contributed by atoms with E-state index >= 15 is 0 Å². The van der Waals surface area contributed by atoms with E-state index in [4.69, 9.17) is 0 Å². The molecule has 0 heterocycles. The van der Waals surface area contributed by atoms with Crippen LogP contribution in [-0.4, -0.2) is 19.8 Å². The molecule has 0 aromatic heterocycles. The zero-order valence-electron chi connectivity index (χ0n) is 13.1. The molecule has 1 heteroatoms. The van der Waals surface area contributed by atoms with Crippen LogP contribution >= 0.6 is 0 Å². The van der Waals surface area contributed by atoms with Gasteiger partial charge in [0.25, 0.3) is 0 Å². The van der Waals surface area contributed by atoms with Crippen LogP contribution in [0.15, 0.2) is 0 Å². The van der Waals surface area contributed by atoms with E-state index in [1.165, 1.54) is 0 Å². The average molecular weight is 332 g/mol. The van der Waals surface area contributed by atoms with Gasteiger partial charge in [0, 0.05) is 0 Å². The van der Waals surface area contributed by atoms with Crippen LogP contribution in [0.4, 0.5) is 0 Å². The van der Waals surface area contributed by atoms with Gasteiger partial charge in [0.15, 0.2) is 0 Å². The van der Waals surface area contributed by atoms with E-state index in [0.717, 1.165) is 0 Å². The quantitative estimate of drug-likeness (QED) is 0.589. The summed E-state index contributed by atoms with van der Waals surface area (Å²) in [6, 6.07) is 0. The average Bonchev–Trinajstić information content (AvgIpc) is 1.70. The van der Waals surface area contributed by atoms with Gasteiger partial charge in [-0.05, 0) is 0 Å². The minimum absolute atomic E-state index is 0.547. The maximum absolute atomic E-state index is 2.42. The van der Waals surface area contributed by atoms with Crippen molar-refractivity contribution in [3.05, 3.63) is 0 Å². The van der Waals surface area contributed by atoms with Crippen LogP contribution in [0.2, 0.25) is 13.3 Å². The zero-order chi connectivity index (χ0) is 13.2. The van der Waals surface area contributed by atoms with Crippen LogP contribution in [0, 0.1) is 16.2 Å². The second-order valence-corrected chi connectivity index (χ2v) is 16.3. The van der Waals surface area contributed by atoms with Crippen LogP contribution in [0.3, 0.4) is 0 Å². The molecule has 0 radical (unpaired) electrons. The fourth-order valence-corrected chi connectivity index (χ4v) is 16.4. The molecule has 0 spiro atoms. The molecule has 0 saturated heterocycles. The van der Waals surface area contributed by atoms with Crippen molar-refractivity contribution in [2.45, 2.75) is 75.6 Å². The summed E-state index contributed by atoms with van der Waals surface area (Å²) in [5.41, 5.74) is 1.64. The molecule has 0 aliphatic rings. The second kappa shape index (κ2) is 5.63.